The lowest BCUT2D eigenvalue weighted by Crippen LogP contribution is -2.27. The normalized spacial score (nSPS) is 17.4. The van der Waals surface area contributed by atoms with Gasteiger partial charge in [0, 0.05) is 12.0 Å². The van der Waals surface area contributed by atoms with Crippen molar-refractivity contribution in [3.05, 3.63) is 24.3 Å². The quantitative estimate of drug-likeness (QED) is 0.770. The van der Waals surface area contributed by atoms with Gasteiger partial charge in [0.1, 0.15) is 17.6 Å². The molecule has 1 saturated heterocycles. The molecule has 0 aliphatic carbocycles. The summed E-state index contributed by atoms with van der Waals surface area (Å²) < 4.78 is 0. The summed E-state index contributed by atoms with van der Waals surface area (Å²) in [6.07, 6.45) is 5.17. The van der Waals surface area contributed by atoms with Crippen molar-refractivity contribution in [3.8, 4) is 5.75 Å². The number of fused-ring (bicyclic) bond motifs is 1. The molecule has 0 amide bonds. The predicted octanol–water partition coefficient (Wildman–Crippen LogP) is 1.20. The van der Waals surface area contributed by atoms with E-state index in [4.69, 9.17) is 0 Å². The number of aromatic hydroxyl groups is 1. The van der Waals surface area contributed by atoms with Crippen LogP contribution in [0.2, 0.25) is 0 Å². The maximum atomic E-state index is 9.40. The average molecular weight is 230 g/mol. The van der Waals surface area contributed by atoms with Gasteiger partial charge in [-0.15, -0.1) is 0 Å². The molecular formula is C12H14N4O. The van der Waals surface area contributed by atoms with Crippen LogP contribution in [0.3, 0.4) is 0 Å². The van der Waals surface area contributed by atoms with Gasteiger partial charge < -0.3 is 10.4 Å². The maximum Gasteiger partial charge on any atom is 0.136 e. The van der Waals surface area contributed by atoms with Crippen molar-refractivity contribution in [2.24, 2.45) is 0 Å². The Kier molecular flexibility index (Phi) is 2.60. The Hall–Kier alpha value is -1.75. The van der Waals surface area contributed by atoms with Crippen molar-refractivity contribution in [2.75, 3.05) is 13.1 Å². The Morgan fingerprint density at radius 3 is 2.82 bits per heavy atom. The standard InChI is InChI=1S/C12H14N4O/c17-9-5-10-12(14-6-9)11(16-7-15-10)8-1-3-13-4-2-8/h5-8,13,17H,1-4H2. The summed E-state index contributed by atoms with van der Waals surface area (Å²) in [4.78, 5) is 12.8. The fraction of sp³-hybridized carbons (Fsp3) is 0.417. The van der Waals surface area contributed by atoms with Gasteiger partial charge in [-0.25, -0.2) is 15.0 Å². The number of pyridine rings is 1. The van der Waals surface area contributed by atoms with E-state index in [0.29, 0.717) is 11.4 Å². The molecule has 3 heterocycles. The van der Waals surface area contributed by atoms with E-state index in [2.05, 4.69) is 20.3 Å². The monoisotopic (exact) mass is 230 g/mol. The van der Waals surface area contributed by atoms with Gasteiger partial charge in [0.25, 0.3) is 0 Å². The molecule has 1 aliphatic heterocycles. The van der Waals surface area contributed by atoms with Crippen LogP contribution in [-0.4, -0.2) is 33.1 Å². The lowest BCUT2D eigenvalue weighted by atomic mass is 9.93. The predicted molar refractivity (Wildman–Crippen MR) is 63.8 cm³/mol. The summed E-state index contributed by atoms with van der Waals surface area (Å²) in [5.74, 6) is 0.589. The molecule has 1 fully saturated rings. The van der Waals surface area contributed by atoms with Crippen molar-refractivity contribution < 1.29 is 5.11 Å². The molecule has 0 saturated carbocycles. The van der Waals surface area contributed by atoms with Crippen molar-refractivity contribution in [2.45, 2.75) is 18.8 Å². The molecule has 0 aromatic carbocycles. The number of hydrogen-bond acceptors (Lipinski definition) is 5. The second-order valence-corrected chi connectivity index (χ2v) is 4.34. The highest BCUT2D eigenvalue weighted by Crippen LogP contribution is 2.28. The van der Waals surface area contributed by atoms with Gasteiger partial charge in [0.2, 0.25) is 0 Å². The third-order valence-corrected chi connectivity index (χ3v) is 3.22. The van der Waals surface area contributed by atoms with E-state index >= 15 is 0 Å². The largest absolute Gasteiger partial charge is 0.506 e. The molecular weight excluding hydrogens is 216 g/mol. The molecule has 17 heavy (non-hydrogen) atoms. The molecule has 5 nitrogen and oxygen atoms in total. The number of hydrogen-bond donors (Lipinski definition) is 2. The molecule has 5 heteroatoms. The summed E-state index contributed by atoms with van der Waals surface area (Å²) in [6.45, 7) is 2.04. The number of piperidine rings is 1. The van der Waals surface area contributed by atoms with Gasteiger partial charge >= 0.3 is 0 Å². The van der Waals surface area contributed by atoms with Crippen molar-refractivity contribution in [3.63, 3.8) is 0 Å². The minimum Gasteiger partial charge on any atom is -0.506 e. The third-order valence-electron chi connectivity index (χ3n) is 3.22. The summed E-state index contributed by atoms with van der Waals surface area (Å²) >= 11 is 0. The van der Waals surface area contributed by atoms with Crippen LogP contribution >= 0.6 is 0 Å². The molecule has 0 atom stereocenters. The minimum atomic E-state index is 0.146. The van der Waals surface area contributed by atoms with Crippen LogP contribution in [-0.2, 0) is 0 Å². The molecule has 88 valence electrons. The van der Waals surface area contributed by atoms with E-state index in [1.54, 1.807) is 12.4 Å². The first kappa shape index (κ1) is 10.4. The van der Waals surface area contributed by atoms with Gasteiger partial charge in [-0.3, -0.25) is 0 Å². The molecule has 2 aromatic heterocycles. The first-order valence-electron chi connectivity index (χ1n) is 5.85. The van der Waals surface area contributed by atoms with Gasteiger partial charge in [0.15, 0.2) is 0 Å². The van der Waals surface area contributed by atoms with Crippen molar-refractivity contribution in [1.29, 1.82) is 0 Å². The van der Waals surface area contributed by atoms with Crippen molar-refractivity contribution >= 4 is 11.0 Å². The Morgan fingerprint density at radius 1 is 1.18 bits per heavy atom. The SMILES string of the molecule is Oc1cnc2c(C3CCNCC3)ncnc2c1. The molecule has 1 aliphatic rings. The van der Waals surface area contributed by atoms with Crippen LogP contribution in [0.15, 0.2) is 18.6 Å². The van der Waals surface area contributed by atoms with E-state index in [0.717, 1.165) is 37.1 Å². The zero-order chi connectivity index (χ0) is 11.7. The molecule has 3 rings (SSSR count). The first-order chi connectivity index (χ1) is 8.34. The molecule has 0 unspecified atom stereocenters. The van der Waals surface area contributed by atoms with Crippen LogP contribution in [0, 0.1) is 0 Å². The first-order valence-corrected chi connectivity index (χ1v) is 5.85. The Labute approximate surface area is 98.9 Å². The maximum absolute atomic E-state index is 9.40. The van der Waals surface area contributed by atoms with Gasteiger partial charge in [0.05, 0.1) is 17.4 Å². The minimum absolute atomic E-state index is 0.146. The molecule has 0 radical (unpaired) electrons. The second kappa shape index (κ2) is 4.25. The number of aromatic nitrogens is 3. The highest BCUT2D eigenvalue weighted by molar-refractivity contribution is 5.77. The smallest absolute Gasteiger partial charge is 0.136 e. The zero-order valence-corrected chi connectivity index (χ0v) is 9.43. The average Bonchev–Trinajstić information content (AvgIpc) is 2.39. The fourth-order valence-corrected chi connectivity index (χ4v) is 2.35. The summed E-state index contributed by atoms with van der Waals surface area (Å²) in [7, 11) is 0. The van der Waals surface area contributed by atoms with E-state index in [-0.39, 0.29) is 5.75 Å². The highest BCUT2D eigenvalue weighted by Gasteiger charge is 2.19. The van der Waals surface area contributed by atoms with E-state index in [9.17, 15) is 5.11 Å². The highest BCUT2D eigenvalue weighted by atomic mass is 16.3. The summed E-state index contributed by atoms with van der Waals surface area (Å²) in [5, 5.41) is 12.7. The third kappa shape index (κ3) is 1.93. The molecule has 0 bridgehead atoms. The molecule has 0 spiro atoms. The van der Waals surface area contributed by atoms with Crippen LogP contribution in [0.1, 0.15) is 24.5 Å². The van der Waals surface area contributed by atoms with Crippen LogP contribution in [0.4, 0.5) is 0 Å². The summed E-state index contributed by atoms with van der Waals surface area (Å²) in [6, 6.07) is 1.63. The fourth-order valence-electron chi connectivity index (χ4n) is 2.35. The molecule has 2 aromatic rings. The van der Waals surface area contributed by atoms with Crippen molar-refractivity contribution in [1.82, 2.24) is 20.3 Å². The van der Waals surface area contributed by atoms with Gasteiger partial charge in [-0.1, -0.05) is 0 Å². The summed E-state index contributed by atoms with van der Waals surface area (Å²) in [5.41, 5.74) is 2.54. The zero-order valence-electron chi connectivity index (χ0n) is 9.43. The lowest BCUT2D eigenvalue weighted by Gasteiger charge is -2.22. The number of nitrogens with zero attached hydrogens (tertiary/aromatic N) is 3. The Bertz CT molecular complexity index is 537. The second-order valence-electron chi connectivity index (χ2n) is 4.34. The number of rotatable bonds is 1. The van der Waals surface area contributed by atoms with Gasteiger partial charge in [-0.2, -0.15) is 0 Å². The Morgan fingerprint density at radius 2 is 2.00 bits per heavy atom. The molecule has 2 N–H and O–H groups in total. The van der Waals surface area contributed by atoms with E-state index < -0.39 is 0 Å². The van der Waals surface area contributed by atoms with E-state index in [1.165, 1.54) is 6.20 Å². The topological polar surface area (TPSA) is 70.9 Å². The van der Waals surface area contributed by atoms with Crippen LogP contribution in [0.25, 0.3) is 11.0 Å². The van der Waals surface area contributed by atoms with Crippen LogP contribution in [0.5, 0.6) is 5.75 Å². The van der Waals surface area contributed by atoms with Gasteiger partial charge in [-0.05, 0) is 25.9 Å². The Balaban J connectivity index is 2.09. The lowest BCUT2D eigenvalue weighted by molar-refractivity contribution is 0.454. The van der Waals surface area contributed by atoms with Crippen LogP contribution < -0.4 is 5.32 Å². The van der Waals surface area contributed by atoms with E-state index in [1.807, 2.05) is 0 Å². The number of nitrogens with one attached hydrogen (secondary N) is 1.